The number of nitrogens with zero attached hydrogens (tertiary/aromatic N) is 2. The molecule has 0 radical (unpaired) electrons. The van der Waals surface area contributed by atoms with Crippen molar-refractivity contribution in [2.24, 2.45) is 7.05 Å². The molecule has 4 rings (SSSR count). The molecule has 3 aromatic rings. The van der Waals surface area contributed by atoms with E-state index < -0.39 is 10.0 Å². The number of aryl methyl sites for hydroxylation is 1. The first-order valence-electron chi connectivity index (χ1n) is 8.18. The Bertz CT molecular complexity index is 1140. The smallest absolute Gasteiger partial charge is 0.263 e. The van der Waals surface area contributed by atoms with E-state index in [0.29, 0.717) is 22.6 Å². The number of sulfonamides is 1. The zero-order chi connectivity index (χ0) is 19.9. The Balaban J connectivity index is 1.79. The number of ether oxygens (including phenoxy) is 3. The van der Waals surface area contributed by atoms with Crippen LogP contribution in [0.3, 0.4) is 0 Å². The highest BCUT2D eigenvalue weighted by Crippen LogP contribution is 2.42. The lowest BCUT2D eigenvalue weighted by atomic mass is 10.1. The third kappa shape index (κ3) is 3.29. The zero-order valence-corrected chi connectivity index (χ0v) is 17.4. The van der Waals surface area contributed by atoms with Crippen LogP contribution < -0.4 is 18.9 Å². The second-order valence-electron chi connectivity index (χ2n) is 5.98. The molecule has 28 heavy (non-hydrogen) atoms. The minimum Gasteiger partial charge on any atom is -0.479 e. The second-order valence-corrected chi connectivity index (χ2v) is 8.58. The van der Waals surface area contributed by atoms with Crippen molar-refractivity contribution in [2.45, 2.75) is 4.90 Å². The van der Waals surface area contributed by atoms with Gasteiger partial charge in [-0.25, -0.2) is 13.1 Å². The normalized spacial score (nSPS) is 12.8. The fourth-order valence-corrected chi connectivity index (χ4v) is 4.24. The molecule has 1 aliphatic rings. The second kappa shape index (κ2) is 7.02. The highest BCUT2D eigenvalue weighted by atomic mass is 79.9. The Morgan fingerprint density at radius 3 is 2.57 bits per heavy atom. The van der Waals surface area contributed by atoms with Gasteiger partial charge in [0.1, 0.15) is 5.82 Å². The van der Waals surface area contributed by atoms with E-state index in [1.54, 1.807) is 37.4 Å². The van der Waals surface area contributed by atoms with Crippen LogP contribution in [0.4, 0.5) is 5.82 Å². The molecule has 0 atom stereocenters. The molecular formula is C18H16BrN3O5S. The van der Waals surface area contributed by atoms with E-state index >= 15 is 0 Å². The fraction of sp³-hybridized carbons (Fsp3) is 0.167. The summed E-state index contributed by atoms with van der Waals surface area (Å²) in [5.41, 5.74) is 1.19. The number of halogens is 1. The minimum atomic E-state index is -3.83. The topological polar surface area (TPSA) is 91.7 Å². The number of anilines is 1. The molecular weight excluding hydrogens is 450 g/mol. The van der Waals surface area contributed by atoms with Crippen molar-refractivity contribution in [1.82, 2.24) is 9.78 Å². The number of methoxy groups -OCH3 is 1. The maximum absolute atomic E-state index is 12.9. The molecule has 0 saturated heterocycles. The van der Waals surface area contributed by atoms with Crippen molar-refractivity contribution < 1.29 is 22.6 Å². The largest absolute Gasteiger partial charge is 0.479 e. The van der Waals surface area contributed by atoms with Crippen molar-refractivity contribution in [3.8, 4) is 28.5 Å². The molecule has 0 bridgehead atoms. The summed E-state index contributed by atoms with van der Waals surface area (Å²) in [5.74, 6) is 1.77. The van der Waals surface area contributed by atoms with Crippen LogP contribution in [0.25, 0.3) is 11.1 Å². The molecule has 1 aromatic heterocycles. The molecule has 0 amide bonds. The van der Waals surface area contributed by atoms with Crippen molar-refractivity contribution in [3.05, 3.63) is 46.9 Å². The van der Waals surface area contributed by atoms with Gasteiger partial charge in [-0.15, -0.1) is 5.10 Å². The predicted octanol–water partition coefficient (Wildman–Crippen LogP) is 3.39. The SMILES string of the molecule is COc1nn(C)c(NS(=O)(=O)c2ccc(Br)cc2)c1-c1ccc2c(c1)OCO2. The lowest BCUT2D eigenvalue weighted by Crippen LogP contribution is -2.16. The van der Waals surface area contributed by atoms with Crippen LogP contribution in [0.2, 0.25) is 0 Å². The van der Waals surface area contributed by atoms with Gasteiger partial charge in [0.25, 0.3) is 10.0 Å². The summed E-state index contributed by atoms with van der Waals surface area (Å²) in [5, 5.41) is 4.28. The first-order valence-corrected chi connectivity index (χ1v) is 10.5. The van der Waals surface area contributed by atoms with Crippen LogP contribution in [0, 0.1) is 0 Å². The van der Waals surface area contributed by atoms with E-state index in [1.165, 1.54) is 23.9 Å². The molecule has 0 unspecified atom stereocenters. The van der Waals surface area contributed by atoms with E-state index in [2.05, 4.69) is 25.8 Å². The van der Waals surface area contributed by atoms with Crippen molar-refractivity contribution in [2.75, 3.05) is 18.6 Å². The standard InChI is InChI=1S/C18H16BrN3O5S/c1-22-17(21-28(23,24)13-6-4-12(19)5-7-13)16(18(20-22)25-2)11-3-8-14-15(9-11)27-10-26-14/h3-9,21H,10H2,1-2H3. The Morgan fingerprint density at radius 1 is 1.14 bits per heavy atom. The van der Waals surface area contributed by atoms with E-state index in [0.717, 1.165) is 4.47 Å². The number of aromatic nitrogens is 2. The van der Waals surface area contributed by atoms with E-state index in [-0.39, 0.29) is 23.4 Å². The number of nitrogens with one attached hydrogen (secondary N) is 1. The fourth-order valence-electron chi connectivity index (χ4n) is 2.87. The molecule has 2 aromatic carbocycles. The summed E-state index contributed by atoms with van der Waals surface area (Å²) in [6.07, 6.45) is 0. The van der Waals surface area contributed by atoms with Crippen molar-refractivity contribution in [3.63, 3.8) is 0 Å². The van der Waals surface area contributed by atoms with Gasteiger partial charge in [0, 0.05) is 11.5 Å². The molecule has 0 spiro atoms. The summed E-state index contributed by atoms with van der Waals surface area (Å²) >= 11 is 3.30. The number of benzene rings is 2. The molecule has 10 heteroatoms. The van der Waals surface area contributed by atoms with Crippen LogP contribution in [0.1, 0.15) is 0 Å². The van der Waals surface area contributed by atoms with Crippen LogP contribution in [-0.2, 0) is 17.1 Å². The highest BCUT2D eigenvalue weighted by Gasteiger charge is 2.25. The predicted molar refractivity (Wildman–Crippen MR) is 106 cm³/mol. The van der Waals surface area contributed by atoms with Gasteiger partial charge >= 0.3 is 0 Å². The van der Waals surface area contributed by atoms with Crippen LogP contribution in [-0.4, -0.2) is 32.1 Å². The van der Waals surface area contributed by atoms with Gasteiger partial charge < -0.3 is 14.2 Å². The highest BCUT2D eigenvalue weighted by molar-refractivity contribution is 9.10. The Morgan fingerprint density at radius 2 is 1.86 bits per heavy atom. The van der Waals surface area contributed by atoms with Gasteiger partial charge in [-0.05, 0) is 42.0 Å². The van der Waals surface area contributed by atoms with Gasteiger partial charge in [0.2, 0.25) is 12.7 Å². The van der Waals surface area contributed by atoms with Crippen LogP contribution >= 0.6 is 15.9 Å². The Kier molecular flexibility index (Phi) is 4.68. The van der Waals surface area contributed by atoms with Crippen molar-refractivity contribution >= 4 is 31.8 Å². The lowest BCUT2D eigenvalue weighted by Gasteiger charge is -2.11. The molecule has 1 aliphatic heterocycles. The van der Waals surface area contributed by atoms with Crippen LogP contribution in [0.15, 0.2) is 51.8 Å². The summed E-state index contributed by atoms with van der Waals surface area (Å²) in [6, 6.07) is 11.7. The maximum Gasteiger partial charge on any atom is 0.263 e. The van der Waals surface area contributed by atoms with Crippen molar-refractivity contribution in [1.29, 1.82) is 0 Å². The zero-order valence-electron chi connectivity index (χ0n) is 15.0. The van der Waals surface area contributed by atoms with E-state index in [4.69, 9.17) is 14.2 Å². The molecule has 0 saturated carbocycles. The van der Waals surface area contributed by atoms with E-state index in [9.17, 15) is 8.42 Å². The molecule has 0 fully saturated rings. The molecule has 0 aliphatic carbocycles. The Labute approximate surface area is 170 Å². The quantitative estimate of drug-likeness (QED) is 0.620. The molecule has 2 heterocycles. The number of hydrogen-bond acceptors (Lipinski definition) is 6. The number of fused-ring (bicyclic) bond motifs is 1. The molecule has 8 nitrogen and oxygen atoms in total. The third-order valence-electron chi connectivity index (χ3n) is 4.22. The van der Waals surface area contributed by atoms with Gasteiger partial charge in [0.05, 0.1) is 17.6 Å². The number of hydrogen-bond donors (Lipinski definition) is 1. The average molecular weight is 466 g/mol. The van der Waals surface area contributed by atoms with Gasteiger partial charge in [0.15, 0.2) is 11.5 Å². The van der Waals surface area contributed by atoms with E-state index in [1.807, 2.05) is 0 Å². The van der Waals surface area contributed by atoms with Gasteiger partial charge in [-0.3, -0.25) is 4.72 Å². The maximum atomic E-state index is 12.9. The van der Waals surface area contributed by atoms with Gasteiger partial charge in [-0.2, -0.15) is 0 Å². The number of rotatable bonds is 5. The first kappa shape index (κ1) is 18.6. The minimum absolute atomic E-state index is 0.132. The Hall–Kier alpha value is -2.72. The van der Waals surface area contributed by atoms with Crippen LogP contribution in [0.5, 0.6) is 17.4 Å². The summed E-state index contributed by atoms with van der Waals surface area (Å²) in [7, 11) is -0.717. The molecule has 1 N–H and O–H groups in total. The lowest BCUT2D eigenvalue weighted by molar-refractivity contribution is 0.174. The average Bonchev–Trinajstić information content (AvgIpc) is 3.25. The molecule has 146 valence electrons. The first-order chi connectivity index (χ1) is 13.4. The monoisotopic (exact) mass is 465 g/mol. The van der Waals surface area contributed by atoms with Gasteiger partial charge in [-0.1, -0.05) is 22.0 Å². The summed E-state index contributed by atoms with van der Waals surface area (Å²) in [4.78, 5) is 0.132. The summed E-state index contributed by atoms with van der Waals surface area (Å²) in [6.45, 7) is 0.145. The summed E-state index contributed by atoms with van der Waals surface area (Å²) < 4.78 is 46.7. The third-order valence-corrected chi connectivity index (χ3v) is 6.11.